The molecule has 1 N–H and O–H groups in total. The number of hydrogen-bond acceptors (Lipinski definition) is 4. The number of aryl methyl sites for hydroxylation is 1. The second-order valence-electron chi connectivity index (χ2n) is 6.31. The fraction of sp³-hybridized carbons (Fsp3) is 0.190. The lowest BCUT2D eigenvalue weighted by atomic mass is 10.1. The average Bonchev–Trinajstić information content (AvgIpc) is 3.13. The maximum absolute atomic E-state index is 12.8. The van der Waals surface area contributed by atoms with Crippen molar-refractivity contribution in [3.05, 3.63) is 77.6 Å². The zero-order valence-electron chi connectivity index (χ0n) is 14.6. The van der Waals surface area contributed by atoms with E-state index in [0.29, 0.717) is 18.1 Å². The molecule has 5 nitrogen and oxygen atoms in total. The van der Waals surface area contributed by atoms with Crippen LogP contribution in [0.3, 0.4) is 0 Å². The first-order chi connectivity index (χ1) is 12.7. The zero-order valence-corrected chi connectivity index (χ0v) is 14.6. The molecule has 0 saturated heterocycles. The normalized spacial score (nSPS) is 12.7. The van der Waals surface area contributed by atoms with Gasteiger partial charge in [0.2, 0.25) is 5.95 Å². The molecule has 0 saturated carbocycles. The number of benzene rings is 2. The molecular formula is C21H20N4O. The second kappa shape index (κ2) is 6.96. The molecule has 1 aliphatic heterocycles. The molecule has 26 heavy (non-hydrogen) atoms. The molecule has 2 heterocycles. The Labute approximate surface area is 152 Å². The van der Waals surface area contributed by atoms with Gasteiger partial charge in [-0.2, -0.15) is 0 Å². The Morgan fingerprint density at radius 1 is 1.08 bits per heavy atom. The average molecular weight is 344 g/mol. The summed E-state index contributed by atoms with van der Waals surface area (Å²) in [5.74, 6) is 0.418. The van der Waals surface area contributed by atoms with Crippen molar-refractivity contribution < 1.29 is 4.79 Å². The number of amides is 1. The number of nitrogens with one attached hydrogen (secondary N) is 1. The highest BCUT2D eigenvalue weighted by atomic mass is 16.2. The fourth-order valence-corrected chi connectivity index (χ4v) is 3.16. The summed E-state index contributed by atoms with van der Waals surface area (Å²) >= 11 is 0. The van der Waals surface area contributed by atoms with Crippen LogP contribution >= 0.6 is 0 Å². The van der Waals surface area contributed by atoms with Crippen LogP contribution in [0.15, 0.2) is 60.9 Å². The molecule has 1 amide bonds. The van der Waals surface area contributed by atoms with E-state index < -0.39 is 0 Å². The van der Waals surface area contributed by atoms with E-state index in [1.54, 1.807) is 17.3 Å². The fourth-order valence-electron chi connectivity index (χ4n) is 3.16. The molecule has 0 unspecified atom stereocenters. The minimum Gasteiger partial charge on any atom is -0.324 e. The number of hydrogen-bond donors (Lipinski definition) is 1. The van der Waals surface area contributed by atoms with E-state index in [9.17, 15) is 4.79 Å². The topological polar surface area (TPSA) is 58.1 Å². The summed E-state index contributed by atoms with van der Waals surface area (Å²) in [6, 6.07) is 16.2. The predicted molar refractivity (Wildman–Crippen MR) is 103 cm³/mol. The Hall–Kier alpha value is -3.21. The molecule has 5 heteroatoms. The van der Waals surface area contributed by atoms with Gasteiger partial charge < -0.3 is 10.2 Å². The van der Waals surface area contributed by atoms with Gasteiger partial charge in [0.05, 0.1) is 5.56 Å². The van der Waals surface area contributed by atoms with Crippen LogP contribution < -0.4 is 10.2 Å². The number of carbonyl (C=O) groups excluding carboxylic acids is 1. The van der Waals surface area contributed by atoms with Gasteiger partial charge in [-0.3, -0.25) is 4.79 Å². The van der Waals surface area contributed by atoms with Crippen LogP contribution in [0, 0.1) is 0 Å². The first kappa shape index (κ1) is 16.3. The maximum Gasteiger partial charge on any atom is 0.261 e. The van der Waals surface area contributed by atoms with Gasteiger partial charge in [-0.1, -0.05) is 37.3 Å². The summed E-state index contributed by atoms with van der Waals surface area (Å²) in [4.78, 5) is 23.2. The summed E-state index contributed by atoms with van der Waals surface area (Å²) in [5.41, 5.74) is 4.89. The van der Waals surface area contributed by atoms with Crippen molar-refractivity contribution >= 4 is 23.2 Å². The summed E-state index contributed by atoms with van der Waals surface area (Å²) in [7, 11) is 0. The molecular weight excluding hydrogens is 324 g/mol. The van der Waals surface area contributed by atoms with Crippen LogP contribution in [0.5, 0.6) is 0 Å². The SMILES string of the molecule is CCc1ccc(Nc2ncc(C(=O)N3CCc4ccccc43)cn2)cc1. The van der Waals surface area contributed by atoms with E-state index in [0.717, 1.165) is 24.2 Å². The maximum atomic E-state index is 12.8. The number of anilines is 3. The van der Waals surface area contributed by atoms with Crippen molar-refractivity contribution in [2.24, 2.45) is 0 Å². The minimum atomic E-state index is -0.0613. The lowest BCUT2D eigenvalue weighted by molar-refractivity contribution is 0.0988. The van der Waals surface area contributed by atoms with Gasteiger partial charge in [0.25, 0.3) is 5.91 Å². The highest BCUT2D eigenvalue weighted by Gasteiger charge is 2.25. The van der Waals surface area contributed by atoms with Crippen molar-refractivity contribution in [3.8, 4) is 0 Å². The van der Waals surface area contributed by atoms with E-state index in [4.69, 9.17) is 0 Å². The van der Waals surface area contributed by atoms with E-state index in [2.05, 4.69) is 40.4 Å². The summed E-state index contributed by atoms with van der Waals surface area (Å²) in [6.45, 7) is 2.82. The lowest BCUT2D eigenvalue weighted by Crippen LogP contribution is -2.29. The van der Waals surface area contributed by atoms with Gasteiger partial charge in [0, 0.05) is 30.3 Å². The van der Waals surface area contributed by atoms with Crippen LogP contribution in [-0.2, 0) is 12.8 Å². The first-order valence-electron chi connectivity index (χ1n) is 8.82. The molecule has 2 aromatic carbocycles. The Kier molecular flexibility index (Phi) is 4.35. The predicted octanol–water partition coefficient (Wildman–Crippen LogP) is 3.99. The standard InChI is InChI=1S/C21H20N4O/c1-2-15-7-9-18(10-8-15)24-21-22-13-17(14-23-21)20(26)25-12-11-16-5-3-4-6-19(16)25/h3-10,13-14H,2,11-12H2,1H3,(H,22,23,24). The number of carbonyl (C=O) groups is 1. The molecule has 0 aliphatic carbocycles. The van der Waals surface area contributed by atoms with Crippen molar-refractivity contribution in [1.82, 2.24) is 9.97 Å². The van der Waals surface area contributed by atoms with E-state index in [-0.39, 0.29) is 5.91 Å². The molecule has 0 spiro atoms. The highest BCUT2D eigenvalue weighted by Crippen LogP contribution is 2.28. The summed E-state index contributed by atoms with van der Waals surface area (Å²) in [6.07, 6.45) is 5.06. The van der Waals surface area contributed by atoms with Crippen molar-refractivity contribution in [1.29, 1.82) is 0 Å². The first-order valence-corrected chi connectivity index (χ1v) is 8.82. The molecule has 0 bridgehead atoms. The molecule has 3 aromatic rings. The van der Waals surface area contributed by atoms with Crippen LogP contribution in [-0.4, -0.2) is 22.4 Å². The molecule has 4 rings (SSSR count). The molecule has 0 fully saturated rings. The summed E-state index contributed by atoms with van der Waals surface area (Å²) in [5, 5.41) is 3.16. The molecule has 0 atom stereocenters. The van der Waals surface area contributed by atoms with Gasteiger partial charge in [-0.05, 0) is 42.2 Å². The van der Waals surface area contributed by atoms with Gasteiger partial charge in [0.15, 0.2) is 0 Å². The Balaban J connectivity index is 1.48. The van der Waals surface area contributed by atoms with Gasteiger partial charge >= 0.3 is 0 Å². The van der Waals surface area contributed by atoms with E-state index in [1.165, 1.54) is 11.1 Å². The van der Waals surface area contributed by atoms with E-state index >= 15 is 0 Å². The van der Waals surface area contributed by atoms with Crippen LogP contribution in [0.4, 0.5) is 17.3 Å². The van der Waals surface area contributed by atoms with Gasteiger partial charge in [-0.15, -0.1) is 0 Å². The smallest absolute Gasteiger partial charge is 0.261 e. The van der Waals surface area contributed by atoms with Gasteiger partial charge in [0.1, 0.15) is 0 Å². The summed E-state index contributed by atoms with van der Waals surface area (Å²) < 4.78 is 0. The lowest BCUT2D eigenvalue weighted by Gasteiger charge is -2.17. The molecule has 1 aromatic heterocycles. The Morgan fingerprint density at radius 3 is 2.54 bits per heavy atom. The third-order valence-corrected chi connectivity index (χ3v) is 4.65. The Morgan fingerprint density at radius 2 is 1.81 bits per heavy atom. The quantitative estimate of drug-likeness (QED) is 0.777. The zero-order chi connectivity index (χ0) is 17.9. The number of para-hydroxylation sites is 1. The molecule has 130 valence electrons. The van der Waals surface area contributed by atoms with E-state index in [1.807, 2.05) is 30.3 Å². The highest BCUT2D eigenvalue weighted by molar-refractivity contribution is 6.07. The largest absolute Gasteiger partial charge is 0.324 e. The van der Waals surface area contributed by atoms with Gasteiger partial charge in [-0.25, -0.2) is 9.97 Å². The third kappa shape index (κ3) is 3.16. The van der Waals surface area contributed by atoms with Crippen molar-refractivity contribution in [2.75, 3.05) is 16.8 Å². The Bertz CT molecular complexity index is 920. The monoisotopic (exact) mass is 344 g/mol. The molecule has 1 aliphatic rings. The third-order valence-electron chi connectivity index (χ3n) is 4.65. The van der Waals surface area contributed by atoms with Crippen LogP contribution in [0.2, 0.25) is 0 Å². The number of nitrogens with zero attached hydrogens (tertiary/aromatic N) is 3. The number of rotatable bonds is 4. The molecule has 0 radical (unpaired) electrons. The number of aromatic nitrogens is 2. The van der Waals surface area contributed by atoms with Crippen LogP contribution in [0.1, 0.15) is 28.4 Å². The van der Waals surface area contributed by atoms with Crippen molar-refractivity contribution in [3.63, 3.8) is 0 Å². The van der Waals surface area contributed by atoms with Crippen molar-refractivity contribution in [2.45, 2.75) is 19.8 Å². The minimum absolute atomic E-state index is 0.0613. The second-order valence-corrected chi connectivity index (χ2v) is 6.31. The van der Waals surface area contributed by atoms with Crippen LogP contribution in [0.25, 0.3) is 0 Å². The number of fused-ring (bicyclic) bond motifs is 1.